The van der Waals surface area contributed by atoms with E-state index in [0.717, 1.165) is 51.4 Å². The summed E-state index contributed by atoms with van der Waals surface area (Å²) < 4.78 is 4.93. The van der Waals surface area contributed by atoms with E-state index in [4.69, 9.17) is 4.74 Å². The molecule has 0 fully saturated rings. The molecule has 0 aliphatic carbocycles. The number of hydrogen-bond acceptors (Lipinski definition) is 3. The molecule has 0 radical (unpaired) electrons. The van der Waals surface area contributed by atoms with Crippen molar-refractivity contribution in [1.82, 2.24) is 0 Å². The van der Waals surface area contributed by atoms with Crippen LogP contribution in [0.25, 0.3) is 0 Å². The highest BCUT2D eigenvalue weighted by molar-refractivity contribution is 5.69. The van der Waals surface area contributed by atoms with Gasteiger partial charge in [-0.15, -0.1) is 0 Å². The van der Waals surface area contributed by atoms with Gasteiger partial charge in [-0.25, -0.2) is 0 Å². The van der Waals surface area contributed by atoms with Gasteiger partial charge in [-0.3, -0.25) is 4.79 Å². The molecule has 0 saturated heterocycles. The summed E-state index contributed by atoms with van der Waals surface area (Å²) in [5.41, 5.74) is 0. The molecule has 0 aromatic carbocycles. The minimum Gasteiger partial charge on any atom is -0.435 e. The number of ether oxygens (including phenoxy) is 1. The van der Waals surface area contributed by atoms with Crippen LogP contribution in [0.1, 0.15) is 71.6 Å². The lowest BCUT2D eigenvalue weighted by atomic mass is 10.1. The average molecular weight is 256 g/mol. The SMILES string of the molecule is CCCC=COC(=O)CCCCC(O)CCCC. The average Bonchev–Trinajstić information content (AvgIpc) is 2.37. The summed E-state index contributed by atoms with van der Waals surface area (Å²) >= 11 is 0. The topological polar surface area (TPSA) is 46.5 Å². The van der Waals surface area contributed by atoms with Gasteiger partial charge in [0, 0.05) is 6.42 Å². The molecule has 1 atom stereocenters. The van der Waals surface area contributed by atoms with E-state index in [0.29, 0.717) is 6.42 Å². The normalized spacial score (nSPS) is 12.8. The summed E-state index contributed by atoms with van der Waals surface area (Å²) in [6.45, 7) is 4.20. The van der Waals surface area contributed by atoms with Crippen LogP contribution in [0.4, 0.5) is 0 Å². The van der Waals surface area contributed by atoms with Gasteiger partial charge in [0.1, 0.15) is 0 Å². The van der Waals surface area contributed by atoms with Gasteiger partial charge in [0.15, 0.2) is 0 Å². The van der Waals surface area contributed by atoms with Crippen LogP contribution >= 0.6 is 0 Å². The van der Waals surface area contributed by atoms with E-state index in [1.165, 1.54) is 6.26 Å². The minimum absolute atomic E-state index is 0.176. The molecule has 0 bridgehead atoms. The predicted octanol–water partition coefficient (Wildman–Crippen LogP) is 3.95. The summed E-state index contributed by atoms with van der Waals surface area (Å²) in [6, 6.07) is 0. The van der Waals surface area contributed by atoms with Gasteiger partial charge in [-0.1, -0.05) is 39.5 Å². The van der Waals surface area contributed by atoms with E-state index in [1.807, 2.05) is 6.08 Å². The lowest BCUT2D eigenvalue weighted by Gasteiger charge is -2.08. The van der Waals surface area contributed by atoms with Gasteiger partial charge >= 0.3 is 5.97 Å². The molecule has 3 nitrogen and oxygen atoms in total. The Bertz CT molecular complexity index is 224. The van der Waals surface area contributed by atoms with Crippen LogP contribution in [0.15, 0.2) is 12.3 Å². The Kier molecular flexibility index (Phi) is 12.0. The summed E-state index contributed by atoms with van der Waals surface area (Å²) in [5.74, 6) is -0.176. The molecule has 0 aliphatic rings. The van der Waals surface area contributed by atoms with Crippen LogP contribution in [0.3, 0.4) is 0 Å². The summed E-state index contributed by atoms with van der Waals surface area (Å²) in [4.78, 5) is 11.3. The molecule has 0 saturated carbocycles. The number of allylic oxidation sites excluding steroid dienone is 1. The van der Waals surface area contributed by atoms with E-state index in [1.54, 1.807) is 0 Å². The standard InChI is InChI=1S/C15H28O3/c1-3-5-9-13-18-15(17)12-8-7-11-14(16)10-6-4-2/h9,13-14,16H,3-8,10-12H2,1-2H3. The largest absolute Gasteiger partial charge is 0.435 e. The van der Waals surface area contributed by atoms with Gasteiger partial charge in [0.2, 0.25) is 0 Å². The highest BCUT2D eigenvalue weighted by Gasteiger charge is 2.05. The fraction of sp³-hybridized carbons (Fsp3) is 0.800. The number of aliphatic hydroxyl groups is 1. The van der Waals surface area contributed by atoms with Crippen LogP contribution in [-0.2, 0) is 9.53 Å². The monoisotopic (exact) mass is 256 g/mol. The molecule has 0 spiro atoms. The second-order valence-corrected chi connectivity index (χ2v) is 4.69. The maximum atomic E-state index is 11.3. The number of hydrogen-bond donors (Lipinski definition) is 1. The number of aliphatic hydroxyl groups excluding tert-OH is 1. The van der Waals surface area contributed by atoms with Gasteiger partial charge < -0.3 is 9.84 Å². The third-order valence-corrected chi connectivity index (χ3v) is 2.81. The van der Waals surface area contributed by atoms with Crippen molar-refractivity contribution < 1.29 is 14.6 Å². The fourth-order valence-electron chi connectivity index (χ4n) is 1.65. The van der Waals surface area contributed by atoms with E-state index in [9.17, 15) is 9.90 Å². The molecule has 0 aliphatic heterocycles. The summed E-state index contributed by atoms with van der Waals surface area (Å²) in [6.07, 6.45) is 11.1. The maximum absolute atomic E-state index is 11.3. The first-order chi connectivity index (χ1) is 8.70. The molecule has 0 rings (SSSR count). The van der Waals surface area contributed by atoms with Crippen molar-refractivity contribution in [2.24, 2.45) is 0 Å². The predicted molar refractivity (Wildman–Crippen MR) is 74.1 cm³/mol. The lowest BCUT2D eigenvalue weighted by Crippen LogP contribution is -2.06. The number of rotatable bonds is 11. The van der Waals surface area contributed by atoms with E-state index in [-0.39, 0.29) is 12.1 Å². The highest BCUT2D eigenvalue weighted by atomic mass is 16.5. The highest BCUT2D eigenvalue weighted by Crippen LogP contribution is 2.10. The van der Waals surface area contributed by atoms with Crippen LogP contribution in [-0.4, -0.2) is 17.2 Å². The van der Waals surface area contributed by atoms with Crippen LogP contribution in [0.2, 0.25) is 0 Å². The fourth-order valence-corrected chi connectivity index (χ4v) is 1.65. The van der Waals surface area contributed by atoms with Crippen LogP contribution in [0, 0.1) is 0 Å². The number of carbonyl (C=O) groups excluding carboxylic acids is 1. The van der Waals surface area contributed by atoms with Crippen molar-refractivity contribution in [3.8, 4) is 0 Å². The first-order valence-electron chi connectivity index (χ1n) is 7.23. The zero-order valence-electron chi connectivity index (χ0n) is 11.9. The molecule has 3 heteroatoms. The van der Waals surface area contributed by atoms with Crippen molar-refractivity contribution in [2.45, 2.75) is 77.7 Å². The van der Waals surface area contributed by atoms with Gasteiger partial charge in [0.25, 0.3) is 0 Å². The zero-order valence-corrected chi connectivity index (χ0v) is 11.9. The third kappa shape index (κ3) is 11.6. The molecule has 0 heterocycles. The second-order valence-electron chi connectivity index (χ2n) is 4.69. The van der Waals surface area contributed by atoms with E-state index in [2.05, 4.69) is 13.8 Å². The molecular formula is C15H28O3. The Morgan fingerprint density at radius 1 is 1.17 bits per heavy atom. The van der Waals surface area contributed by atoms with Crippen molar-refractivity contribution >= 4 is 5.97 Å². The quantitative estimate of drug-likeness (QED) is 0.346. The molecule has 106 valence electrons. The maximum Gasteiger partial charge on any atom is 0.310 e. The molecule has 0 aromatic heterocycles. The molecule has 1 unspecified atom stereocenters. The van der Waals surface area contributed by atoms with E-state index < -0.39 is 0 Å². The van der Waals surface area contributed by atoms with Gasteiger partial charge in [-0.2, -0.15) is 0 Å². The van der Waals surface area contributed by atoms with Crippen molar-refractivity contribution in [2.75, 3.05) is 0 Å². The molecule has 0 aromatic rings. The van der Waals surface area contributed by atoms with E-state index >= 15 is 0 Å². The third-order valence-electron chi connectivity index (χ3n) is 2.81. The Morgan fingerprint density at radius 2 is 1.89 bits per heavy atom. The van der Waals surface area contributed by atoms with Crippen molar-refractivity contribution in [3.05, 3.63) is 12.3 Å². The Balaban J connectivity index is 3.39. The smallest absolute Gasteiger partial charge is 0.310 e. The first kappa shape index (κ1) is 17.2. The number of unbranched alkanes of at least 4 members (excludes halogenated alkanes) is 3. The molecule has 1 N–H and O–H groups in total. The first-order valence-corrected chi connectivity index (χ1v) is 7.23. The Morgan fingerprint density at radius 3 is 2.56 bits per heavy atom. The Labute approximate surface area is 111 Å². The van der Waals surface area contributed by atoms with Gasteiger partial charge in [0.05, 0.1) is 12.4 Å². The van der Waals surface area contributed by atoms with Gasteiger partial charge in [-0.05, 0) is 31.8 Å². The molecular weight excluding hydrogens is 228 g/mol. The van der Waals surface area contributed by atoms with Crippen molar-refractivity contribution in [1.29, 1.82) is 0 Å². The second kappa shape index (κ2) is 12.6. The van der Waals surface area contributed by atoms with Crippen molar-refractivity contribution in [3.63, 3.8) is 0 Å². The molecule has 18 heavy (non-hydrogen) atoms. The van der Waals surface area contributed by atoms with Crippen LogP contribution in [0.5, 0.6) is 0 Å². The molecule has 0 amide bonds. The summed E-state index contributed by atoms with van der Waals surface area (Å²) in [7, 11) is 0. The lowest BCUT2D eigenvalue weighted by molar-refractivity contribution is -0.138. The number of esters is 1. The number of carbonyl (C=O) groups is 1. The summed E-state index contributed by atoms with van der Waals surface area (Å²) in [5, 5.41) is 9.62. The zero-order chi connectivity index (χ0) is 13.6. The minimum atomic E-state index is -0.203. The Hall–Kier alpha value is -0.830. The van der Waals surface area contributed by atoms with Crippen LogP contribution < -0.4 is 0 Å².